The summed E-state index contributed by atoms with van der Waals surface area (Å²) >= 11 is 3.47. The Kier molecular flexibility index (Phi) is 7.61. The molecule has 0 bridgehead atoms. The highest BCUT2D eigenvalue weighted by Gasteiger charge is 2.07. The first-order valence-corrected chi connectivity index (χ1v) is 10.5. The highest BCUT2D eigenvalue weighted by atomic mass is 79.9. The summed E-state index contributed by atoms with van der Waals surface area (Å²) in [6.07, 6.45) is 6.85. The number of anilines is 4. The topological polar surface area (TPSA) is 120 Å². The highest BCUT2D eigenvalue weighted by Crippen LogP contribution is 2.22. The lowest BCUT2D eigenvalue weighted by Crippen LogP contribution is -2.35. The van der Waals surface area contributed by atoms with Crippen molar-refractivity contribution in [3.63, 3.8) is 0 Å². The van der Waals surface area contributed by atoms with Gasteiger partial charge in [-0.3, -0.25) is 0 Å². The zero-order valence-electron chi connectivity index (χ0n) is 16.9. The van der Waals surface area contributed by atoms with Crippen molar-refractivity contribution in [1.29, 1.82) is 0 Å². The van der Waals surface area contributed by atoms with Gasteiger partial charge in [0.05, 0.1) is 10.8 Å². The number of amides is 2. The van der Waals surface area contributed by atoms with Crippen LogP contribution in [0.25, 0.3) is 0 Å². The Labute approximate surface area is 183 Å². The van der Waals surface area contributed by atoms with Crippen LogP contribution in [0.1, 0.15) is 26.0 Å². The van der Waals surface area contributed by atoms with E-state index in [1.54, 1.807) is 18.7 Å². The van der Waals surface area contributed by atoms with Gasteiger partial charge < -0.3 is 26.3 Å². The molecule has 0 aliphatic carbocycles. The lowest BCUT2D eigenvalue weighted by atomic mass is 10.2. The number of imidazole rings is 1. The van der Waals surface area contributed by atoms with Crippen LogP contribution in [0.4, 0.5) is 27.9 Å². The number of aromatic nitrogens is 4. The molecule has 1 unspecified atom stereocenters. The number of hydrogen-bond acceptors (Lipinski definition) is 6. The molecule has 0 aliphatic rings. The molecule has 158 valence electrons. The summed E-state index contributed by atoms with van der Waals surface area (Å²) in [4.78, 5) is 27.8. The number of carbonyl (C=O) groups excluding carboxylic acids is 1. The van der Waals surface area contributed by atoms with Gasteiger partial charge in [-0.05, 0) is 53.5 Å². The van der Waals surface area contributed by atoms with Gasteiger partial charge in [-0.1, -0.05) is 6.92 Å². The molecule has 30 heavy (non-hydrogen) atoms. The van der Waals surface area contributed by atoms with Crippen LogP contribution in [0.5, 0.6) is 0 Å². The number of urea groups is 1. The fourth-order valence-corrected chi connectivity index (χ4v) is 2.88. The maximum absolute atomic E-state index is 11.9. The lowest BCUT2D eigenvalue weighted by molar-refractivity contribution is 0.249. The zero-order valence-corrected chi connectivity index (χ0v) is 18.5. The molecule has 9 nitrogen and oxygen atoms in total. The molecule has 10 heteroatoms. The fraction of sp³-hybridized carbons (Fsp3) is 0.300. The van der Waals surface area contributed by atoms with Gasteiger partial charge in [-0.2, -0.15) is 4.98 Å². The van der Waals surface area contributed by atoms with Crippen LogP contribution in [0.2, 0.25) is 0 Å². The minimum Gasteiger partial charge on any atom is -0.369 e. The van der Waals surface area contributed by atoms with Gasteiger partial charge in [-0.15, -0.1) is 0 Å². The third-order valence-electron chi connectivity index (χ3n) is 4.37. The van der Waals surface area contributed by atoms with Gasteiger partial charge in [-0.25, -0.2) is 14.8 Å². The smallest absolute Gasteiger partial charge is 0.319 e. The molecule has 2 heterocycles. The van der Waals surface area contributed by atoms with Gasteiger partial charge >= 0.3 is 6.03 Å². The molecule has 5 N–H and O–H groups in total. The van der Waals surface area contributed by atoms with E-state index < -0.39 is 0 Å². The second-order valence-electron chi connectivity index (χ2n) is 6.75. The van der Waals surface area contributed by atoms with Crippen molar-refractivity contribution in [1.82, 2.24) is 25.3 Å². The molecule has 2 amide bonds. The third-order valence-corrected chi connectivity index (χ3v) is 4.95. The Morgan fingerprint density at radius 2 is 1.97 bits per heavy atom. The highest BCUT2D eigenvalue weighted by molar-refractivity contribution is 9.10. The summed E-state index contributed by atoms with van der Waals surface area (Å²) < 4.78 is 0.782. The molecular formula is C20H25BrN8O. The first kappa shape index (κ1) is 21.6. The number of hydrogen-bond donors (Lipinski definition) is 5. The SMILES string of the molecule is CCC(C)NC(=O)Nc1ccc(Nc2ncc(Br)c(NCCc3cnc[nH]3)n2)cc1. The number of nitrogens with zero attached hydrogens (tertiary/aromatic N) is 3. The van der Waals surface area contributed by atoms with Crippen LogP contribution < -0.4 is 21.3 Å². The van der Waals surface area contributed by atoms with E-state index in [1.807, 2.05) is 38.1 Å². The summed E-state index contributed by atoms with van der Waals surface area (Å²) in [5.41, 5.74) is 2.57. The maximum atomic E-state index is 11.9. The number of benzene rings is 1. The summed E-state index contributed by atoms with van der Waals surface area (Å²) in [5.74, 6) is 1.17. The van der Waals surface area contributed by atoms with Crippen molar-refractivity contribution in [2.45, 2.75) is 32.7 Å². The number of aromatic amines is 1. The minimum atomic E-state index is -0.216. The Balaban J connectivity index is 1.55. The van der Waals surface area contributed by atoms with Crippen molar-refractivity contribution in [2.24, 2.45) is 0 Å². The second kappa shape index (κ2) is 10.6. The normalized spacial score (nSPS) is 11.6. The standard InChI is InChI=1S/C20H25BrN8O/c1-3-13(2)26-20(30)28-15-6-4-14(5-7-15)27-19-24-11-17(21)18(29-19)23-9-8-16-10-22-12-25-16/h4-7,10-13H,3,8-9H2,1-2H3,(H,22,25)(H2,26,28,30)(H2,23,24,27,29). The molecule has 0 spiro atoms. The monoisotopic (exact) mass is 472 g/mol. The predicted molar refractivity (Wildman–Crippen MR) is 122 cm³/mol. The van der Waals surface area contributed by atoms with E-state index >= 15 is 0 Å². The van der Waals surface area contributed by atoms with E-state index in [-0.39, 0.29) is 12.1 Å². The van der Waals surface area contributed by atoms with Crippen molar-refractivity contribution in [2.75, 3.05) is 22.5 Å². The van der Waals surface area contributed by atoms with E-state index in [1.165, 1.54) is 0 Å². The van der Waals surface area contributed by atoms with E-state index in [0.717, 1.165) is 28.7 Å². The van der Waals surface area contributed by atoms with Gasteiger partial charge in [0.15, 0.2) is 0 Å². The second-order valence-corrected chi connectivity index (χ2v) is 7.61. The number of rotatable bonds is 9. The minimum absolute atomic E-state index is 0.128. The molecule has 0 radical (unpaired) electrons. The Bertz CT molecular complexity index is 946. The predicted octanol–water partition coefficient (Wildman–Crippen LogP) is 4.28. The largest absolute Gasteiger partial charge is 0.369 e. The Morgan fingerprint density at radius 3 is 2.67 bits per heavy atom. The first-order chi connectivity index (χ1) is 14.5. The van der Waals surface area contributed by atoms with Crippen molar-refractivity contribution >= 4 is 45.1 Å². The van der Waals surface area contributed by atoms with Crippen molar-refractivity contribution < 1.29 is 4.79 Å². The molecule has 1 atom stereocenters. The molecule has 2 aromatic heterocycles. The Hall–Kier alpha value is -3.14. The van der Waals surface area contributed by atoms with Gasteiger partial charge in [0.2, 0.25) is 5.95 Å². The average molecular weight is 473 g/mol. The van der Waals surface area contributed by atoms with Crippen LogP contribution in [0.15, 0.2) is 47.5 Å². The van der Waals surface area contributed by atoms with Gasteiger partial charge in [0.25, 0.3) is 0 Å². The van der Waals surface area contributed by atoms with Crippen molar-refractivity contribution in [3.05, 3.63) is 53.2 Å². The molecule has 0 fully saturated rings. The van der Waals surface area contributed by atoms with Gasteiger partial charge in [0, 0.05) is 48.5 Å². The fourth-order valence-electron chi connectivity index (χ4n) is 2.55. The molecule has 3 rings (SSSR count). The van der Waals surface area contributed by atoms with Crippen molar-refractivity contribution in [3.8, 4) is 0 Å². The Morgan fingerprint density at radius 1 is 1.20 bits per heavy atom. The molecule has 3 aromatic rings. The van der Waals surface area contributed by atoms with E-state index in [9.17, 15) is 4.79 Å². The van der Waals surface area contributed by atoms with E-state index in [2.05, 4.69) is 57.1 Å². The summed E-state index contributed by atoms with van der Waals surface area (Å²) in [7, 11) is 0. The maximum Gasteiger partial charge on any atom is 0.319 e. The first-order valence-electron chi connectivity index (χ1n) is 9.71. The van der Waals surface area contributed by atoms with Gasteiger partial charge in [0.1, 0.15) is 5.82 Å². The van der Waals surface area contributed by atoms with Crippen LogP contribution in [0.3, 0.4) is 0 Å². The van der Waals surface area contributed by atoms with E-state index in [4.69, 9.17) is 0 Å². The van der Waals surface area contributed by atoms with Crippen LogP contribution in [-0.4, -0.2) is 38.6 Å². The third kappa shape index (κ3) is 6.45. The zero-order chi connectivity index (χ0) is 21.3. The number of nitrogens with one attached hydrogen (secondary N) is 5. The molecular weight excluding hydrogens is 448 g/mol. The van der Waals surface area contributed by atoms with E-state index in [0.29, 0.717) is 24.0 Å². The number of halogens is 1. The number of H-pyrrole nitrogens is 1. The summed E-state index contributed by atoms with van der Waals surface area (Å²) in [5, 5.41) is 12.1. The number of carbonyl (C=O) groups is 1. The van der Waals surface area contributed by atoms with Crippen LogP contribution >= 0.6 is 15.9 Å². The summed E-state index contributed by atoms with van der Waals surface area (Å²) in [6.45, 7) is 4.69. The lowest BCUT2D eigenvalue weighted by Gasteiger charge is -2.13. The van der Waals surface area contributed by atoms with Crippen LogP contribution in [-0.2, 0) is 6.42 Å². The quantitative estimate of drug-likeness (QED) is 0.317. The van der Waals surface area contributed by atoms with Crippen LogP contribution in [0, 0.1) is 0 Å². The molecule has 0 saturated carbocycles. The average Bonchev–Trinajstić information content (AvgIpc) is 3.25. The molecule has 0 saturated heterocycles. The molecule has 0 aliphatic heterocycles. The molecule has 1 aromatic carbocycles. The summed E-state index contributed by atoms with van der Waals surface area (Å²) in [6, 6.07) is 7.27.